The zero-order valence-corrected chi connectivity index (χ0v) is 4.52. The van der Waals surface area contributed by atoms with Crippen molar-refractivity contribution in [2.24, 2.45) is 5.89 Å². The first kappa shape index (κ1) is 4.13. The first-order valence-electron chi connectivity index (χ1n) is 2.62. The van der Waals surface area contributed by atoms with Gasteiger partial charge in [-0.15, -0.1) is 0 Å². The van der Waals surface area contributed by atoms with E-state index in [2.05, 4.69) is 0 Å². The van der Waals surface area contributed by atoms with Crippen LogP contribution in [0.25, 0.3) is 0 Å². The summed E-state index contributed by atoms with van der Waals surface area (Å²) in [5.74, 6) is -0.694. The zero-order chi connectivity index (χ0) is 6.08. The van der Waals surface area contributed by atoms with Gasteiger partial charge in [0.15, 0.2) is 0 Å². The second-order valence-corrected chi connectivity index (χ2v) is 1.75. The van der Waals surface area contributed by atoms with E-state index >= 15 is 0 Å². The number of aliphatic hydroxyl groups excluding tert-OH is 1. The van der Waals surface area contributed by atoms with Crippen LogP contribution in [0, 0.1) is 5.89 Å². The van der Waals surface area contributed by atoms with Gasteiger partial charge in [0.1, 0.15) is 0 Å². The van der Waals surface area contributed by atoms with E-state index in [9.17, 15) is 0 Å². The molecule has 1 atom stereocenters. The predicted octanol–water partition coefficient (Wildman–Crippen LogP) is 1.02. The maximum atomic E-state index is 8.70. The maximum absolute atomic E-state index is 8.70. The molecule has 0 saturated heterocycles. The van der Waals surface area contributed by atoms with Crippen LogP contribution in [-0.4, -0.2) is 11.2 Å². The fraction of sp³-hybridized carbons (Fsp3) is 1.00. The van der Waals surface area contributed by atoms with Crippen molar-refractivity contribution in [3.8, 4) is 0 Å². The maximum Gasteiger partial charge on any atom is 0.0535 e. The fourth-order valence-electron chi connectivity index (χ4n) is 0. The summed E-state index contributed by atoms with van der Waals surface area (Å²) in [5.41, 5.74) is 0. The van der Waals surface area contributed by atoms with Crippen molar-refractivity contribution in [1.82, 2.24) is 0 Å². The molecular formula is C5H12O. The van der Waals surface area contributed by atoms with Gasteiger partial charge in [-0.25, -0.2) is 0 Å². The van der Waals surface area contributed by atoms with Crippen LogP contribution < -0.4 is 0 Å². The molecule has 0 aliphatic carbocycles. The molecule has 0 aliphatic rings. The molecule has 0 fully saturated rings. The largest absolute Gasteiger partial charge is 0.393 e. The average Bonchev–Trinajstić information content (AvgIpc) is 1.31. The monoisotopic (exact) mass is 89.1 g/mol. The van der Waals surface area contributed by atoms with Gasteiger partial charge in [-0.1, -0.05) is 13.8 Å². The molecule has 0 amide bonds. The Balaban J connectivity index is 3.54. The van der Waals surface area contributed by atoms with Crippen molar-refractivity contribution >= 4 is 0 Å². The summed E-state index contributed by atoms with van der Waals surface area (Å²) >= 11 is 0. The van der Waals surface area contributed by atoms with Gasteiger partial charge in [0.05, 0.1) is 6.10 Å². The number of aliphatic hydroxyl groups is 1. The van der Waals surface area contributed by atoms with Crippen LogP contribution >= 0.6 is 0 Å². The molecule has 1 heteroatoms. The molecule has 0 bridgehead atoms. The van der Waals surface area contributed by atoms with Gasteiger partial charge in [-0.3, -0.25) is 0 Å². The molecule has 0 heterocycles. The lowest BCUT2D eigenvalue weighted by Gasteiger charge is -2.04. The quantitative estimate of drug-likeness (QED) is 0.508. The van der Waals surface area contributed by atoms with Crippen LogP contribution in [-0.2, 0) is 0 Å². The molecule has 6 heavy (non-hydrogen) atoms. The summed E-state index contributed by atoms with van der Waals surface area (Å²) in [6, 6.07) is 0. The highest BCUT2D eigenvalue weighted by Crippen LogP contribution is 1.96. The van der Waals surface area contributed by atoms with Gasteiger partial charge < -0.3 is 5.11 Å². The number of hydrogen-bond donors (Lipinski definition) is 1. The molecule has 0 aromatic rings. The van der Waals surface area contributed by atoms with E-state index in [1.165, 1.54) is 0 Å². The molecular weight excluding hydrogens is 76.1 g/mol. The SMILES string of the molecule is [2H]C(C)(C)C(C)O. The van der Waals surface area contributed by atoms with E-state index < -0.39 is 12.0 Å². The van der Waals surface area contributed by atoms with E-state index in [1.54, 1.807) is 20.8 Å². The summed E-state index contributed by atoms with van der Waals surface area (Å²) < 4.78 is 7.14. The van der Waals surface area contributed by atoms with Crippen molar-refractivity contribution in [1.29, 1.82) is 0 Å². The molecule has 1 unspecified atom stereocenters. The van der Waals surface area contributed by atoms with E-state index in [0.29, 0.717) is 0 Å². The third kappa shape index (κ3) is 2.21. The van der Waals surface area contributed by atoms with Gasteiger partial charge in [0.2, 0.25) is 0 Å². The second kappa shape index (κ2) is 2.19. The Morgan fingerprint density at radius 3 is 1.67 bits per heavy atom. The van der Waals surface area contributed by atoms with Crippen LogP contribution in [0.5, 0.6) is 0 Å². The van der Waals surface area contributed by atoms with Gasteiger partial charge in [0, 0.05) is 1.37 Å². The minimum atomic E-state index is -0.694. The Kier molecular flexibility index (Phi) is 1.51. The van der Waals surface area contributed by atoms with Crippen LogP contribution in [0.15, 0.2) is 0 Å². The van der Waals surface area contributed by atoms with Crippen molar-refractivity contribution in [2.45, 2.75) is 26.9 Å². The Morgan fingerprint density at radius 2 is 1.67 bits per heavy atom. The minimum absolute atomic E-state index is 0.535. The highest BCUT2D eigenvalue weighted by atomic mass is 16.3. The van der Waals surface area contributed by atoms with Crippen molar-refractivity contribution < 1.29 is 6.48 Å². The van der Waals surface area contributed by atoms with E-state index in [4.69, 9.17) is 6.48 Å². The van der Waals surface area contributed by atoms with Gasteiger partial charge in [-0.2, -0.15) is 0 Å². The van der Waals surface area contributed by atoms with Crippen LogP contribution in [0.2, 0.25) is 0 Å². The normalized spacial score (nSPS) is 19.7. The first-order chi connectivity index (χ1) is 2.94. The van der Waals surface area contributed by atoms with Crippen molar-refractivity contribution in [2.75, 3.05) is 0 Å². The summed E-state index contributed by atoms with van der Waals surface area (Å²) in [7, 11) is 0. The summed E-state index contributed by atoms with van der Waals surface area (Å²) in [4.78, 5) is 0. The fourth-order valence-corrected chi connectivity index (χ4v) is 0. The van der Waals surface area contributed by atoms with Crippen LogP contribution in [0.4, 0.5) is 0 Å². The molecule has 0 aliphatic heterocycles. The minimum Gasteiger partial charge on any atom is -0.393 e. The van der Waals surface area contributed by atoms with E-state index in [-0.39, 0.29) is 0 Å². The molecule has 0 radical (unpaired) electrons. The van der Waals surface area contributed by atoms with Gasteiger partial charge in [0.25, 0.3) is 0 Å². The van der Waals surface area contributed by atoms with E-state index in [1.807, 2.05) is 0 Å². The summed E-state index contributed by atoms with van der Waals surface area (Å²) in [6.07, 6.45) is -0.535. The standard InChI is InChI=1S/C5H12O/c1-4(2)5(3)6/h4-6H,1-3H3/i4D. The van der Waals surface area contributed by atoms with Gasteiger partial charge >= 0.3 is 0 Å². The Hall–Kier alpha value is -0.0400. The zero-order valence-electron chi connectivity index (χ0n) is 5.52. The summed E-state index contributed by atoms with van der Waals surface area (Å²) in [5, 5.41) is 8.70. The molecule has 0 saturated carbocycles. The number of hydrogen-bond acceptors (Lipinski definition) is 1. The molecule has 1 N–H and O–H groups in total. The Morgan fingerprint density at radius 1 is 1.50 bits per heavy atom. The van der Waals surface area contributed by atoms with Crippen molar-refractivity contribution in [3.63, 3.8) is 0 Å². The topological polar surface area (TPSA) is 20.2 Å². The second-order valence-electron chi connectivity index (χ2n) is 1.75. The molecule has 0 aromatic carbocycles. The predicted molar refractivity (Wildman–Crippen MR) is 26.5 cm³/mol. The summed E-state index contributed by atoms with van der Waals surface area (Å²) in [6.45, 7) is 4.97. The molecule has 0 aromatic heterocycles. The Bertz CT molecular complexity index is 53.6. The lowest BCUT2D eigenvalue weighted by molar-refractivity contribution is 0.144. The first-order valence-corrected chi connectivity index (χ1v) is 2.12. The smallest absolute Gasteiger partial charge is 0.0535 e. The molecule has 1 nitrogen and oxygen atoms in total. The number of rotatable bonds is 1. The molecule has 38 valence electrons. The molecule has 0 spiro atoms. The highest BCUT2D eigenvalue weighted by Gasteiger charge is 1.97. The third-order valence-corrected chi connectivity index (χ3v) is 0.836. The lowest BCUT2D eigenvalue weighted by Crippen LogP contribution is -2.07. The highest BCUT2D eigenvalue weighted by molar-refractivity contribution is 4.48. The van der Waals surface area contributed by atoms with Crippen LogP contribution in [0.1, 0.15) is 22.1 Å². The van der Waals surface area contributed by atoms with Crippen LogP contribution in [0.3, 0.4) is 0 Å². The molecule has 0 rings (SSSR count). The lowest BCUT2D eigenvalue weighted by atomic mass is 10.1. The van der Waals surface area contributed by atoms with E-state index in [0.717, 1.165) is 0 Å². The van der Waals surface area contributed by atoms with Crippen molar-refractivity contribution in [3.05, 3.63) is 0 Å². The average molecular weight is 89.2 g/mol. The third-order valence-electron chi connectivity index (χ3n) is 0.836. The van der Waals surface area contributed by atoms with Gasteiger partial charge in [-0.05, 0) is 12.8 Å². The Labute approximate surface area is 40.4 Å².